The zero-order valence-electron chi connectivity index (χ0n) is 16.1. The Morgan fingerprint density at radius 1 is 1.10 bits per heavy atom. The first-order valence-corrected chi connectivity index (χ1v) is 10.1. The van der Waals surface area contributed by atoms with Gasteiger partial charge in [-0.1, -0.05) is 6.07 Å². The van der Waals surface area contributed by atoms with Gasteiger partial charge in [0, 0.05) is 24.1 Å². The van der Waals surface area contributed by atoms with Crippen molar-refractivity contribution in [3.05, 3.63) is 48.3 Å². The summed E-state index contributed by atoms with van der Waals surface area (Å²) < 4.78 is 33.8. The van der Waals surface area contributed by atoms with Crippen LogP contribution in [0.15, 0.2) is 42.7 Å². The molecule has 2 bridgehead atoms. The molecule has 0 aliphatic carbocycles. The Morgan fingerprint density at radius 2 is 1.93 bits per heavy atom. The molecule has 2 N–H and O–H groups in total. The maximum absolute atomic E-state index is 14.0. The molecule has 154 valence electrons. The average molecular weight is 410 g/mol. The summed E-state index contributed by atoms with van der Waals surface area (Å²) in [4.78, 5) is 6.18. The predicted molar refractivity (Wildman–Crippen MR) is 106 cm³/mol. The second-order valence-electron chi connectivity index (χ2n) is 8.19. The largest absolute Gasteiger partial charge is 0.472 e. The van der Waals surface area contributed by atoms with Crippen molar-refractivity contribution in [1.29, 1.82) is 0 Å². The second-order valence-corrected chi connectivity index (χ2v) is 8.19. The number of nitrogens with zero attached hydrogens (tertiary/aromatic N) is 4. The molecular weight excluding hydrogens is 390 g/mol. The summed E-state index contributed by atoms with van der Waals surface area (Å²) in [5.74, 6) is -1.41. The lowest BCUT2D eigenvalue weighted by Crippen LogP contribution is -2.46. The van der Waals surface area contributed by atoms with Crippen molar-refractivity contribution in [1.82, 2.24) is 25.3 Å². The SMILES string of the molecule is FC1(F)CC2CC(Nc3ccc4c(n3)OCc3cc(-n5nccn5)ccc3-4)CC1N2. The third-order valence-corrected chi connectivity index (χ3v) is 6.16. The van der Waals surface area contributed by atoms with E-state index in [9.17, 15) is 8.78 Å². The van der Waals surface area contributed by atoms with E-state index in [0.717, 1.165) is 22.4 Å². The topological polar surface area (TPSA) is 76.9 Å². The van der Waals surface area contributed by atoms with E-state index in [-0.39, 0.29) is 18.5 Å². The highest BCUT2D eigenvalue weighted by Crippen LogP contribution is 2.41. The normalized spacial score (nSPS) is 25.9. The molecule has 3 atom stereocenters. The summed E-state index contributed by atoms with van der Waals surface area (Å²) in [6.45, 7) is 0.400. The molecule has 0 spiro atoms. The van der Waals surface area contributed by atoms with Gasteiger partial charge in [-0.3, -0.25) is 0 Å². The van der Waals surface area contributed by atoms with Gasteiger partial charge in [-0.05, 0) is 48.2 Å². The number of anilines is 1. The average Bonchev–Trinajstić information content (AvgIpc) is 3.34. The number of hydrogen-bond acceptors (Lipinski definition) is 6. The summed E-state index contributed by atoms with van der Waals surface area (Å²) in [7, 11) is 0. The van der Waals surface area contributed by atoms with E-state index in [0.29, 0.717) is 31.1 Å². The molecule has 9 heteroatoms. The maximum atomic E-state index is 14.0. The Labute approximate surface area is 171 Å². The van der Waals surface area contributed by atoms with Crippen LogP contribution in [-0.2, 0) is 6.61 Å². The van der Waals surface area contributed by atoms with Crippen LogP contribution in [0, 0.1) is 0 Å². The van der Waals surface area contributed by atoms with Gasteiger partial charge in [0.2, 0.25) is 5.88 Å². The molecule has 7 nitrogen and oxygen atoms in total. The lowest BCUT2D eigenvalue weighted by atomic mass is 9.98. The van der Waals surface area contributed by atoms with Crippen molar-refractivity contribution in [2.24, 2.45) is 0 Å². The molecule has 2 fully saturated rings. The number of alkyl halides is 2. The number of fused-ring (bicyclic) bond motifs is 5. The molecule has 0 radical (unpaired) electrons. The highest BCUT2D eigenvalue weighted by molar-refractivity contribution is 5.75. The van der Waals surface area contributed by atoms with Crippen molar-refractivity contribution >= 4 is 5.82 Å². The zero-order chi connectivity index (χ0) is 20.3. The molecular formula is C21H20F2N6O. The molecule has 2 aromatic heterocycles. The van der Waals surface area contributed by atoms with Gasteiger partial charge in [-0.25, -0.2) is 8.78 Å². The Balaban J connectivity index is 1.24. The highest BCUT2D eigenvalue weighted by atomic mass is 19.3. The van der Waals surface area contributed by atoms with Gasteiger partial charge in [0.25, 0.3) is 5.92 Å². The van der Waals surface area contributed by atoms with Gasteiger partial charge in [0.15, 0.2) is 0 Å². The smallest absolute Gasteiger partial charge is 0.264 e. The van der Waals surface area contributed by atoms with E-state index in [2.05, 4.69) is 25.8 Å². The van der Waals surface area contributed by atoms with Crippen LogP contribution in [0.3, 0.4) is 0 Å². The van der Waals surface area contributed by atoms with Gasteiger partial charge in [-0.2, -0.15) is 20.0 Å². The lowest BCUT2D eigenvalue weighted by Gasteiger charge is -2.30. The zero-order valence-corrected chi connectivity index (χ0v) is 16.1. The van der Waals surface area contributed by atoms with E-state index in [4.69, 9.17) is 4.74 Å². The minimum atomic E-state index is -2.62. The first kappa shape index (κ1) is 17.8. The van der Waals surface area contributed by atoms with Crippen LogP contribution in [0.5, 0.6) is 5.88 Å². The van der Waals surface area contributed by atoms with E-state index in [1.165, 1.54) is 0 Å². The second kappa shape index (κ2) is 6.46. The van der Waals surface area contributed by atoms with Crippen LogP contribution in [0.2, 0.25) is 0 Å². The van der Waals surface area contributed by atoms with Crippen LogP contribution in [0.1, 0.15) is 24.8 Å². The summed E-state index contributed by atoms with van der Waals surface area (Å²) in [6.07, 6.45) is 4.25. The number of nitrogens with one attached hydrogen (secondary N) is 2. The first-order valence-electron chi connectivity index (χ1n) is 10.1. The highest BCUT2D eigenvalue weighted by Gasteiger charge is 2.52. The van der Waals surface area contributed by atoms with Gasteiger partial charge < -0.3 is 15.4 Å². The molecule has 0 saturated carbocycles. The van der Waals surface area contributed by atoms with Gasteiger partial charge in [0.1, 0.15) is 12.4 Å². The first-order chi connectivity index (χ1) is 14.5. The number of hydrogen-bond donors (Lipinski definition) is 2. The summed E-state index contributed by atoms with van der Waals surface area (Å²) >= 11 is 0. The fraction of sp³-hybridized carbons (Fsp3) is 0.381. The molecule has 1 aromatic carbocycles. The van der Waals surface area contributed by atoms with E-state index >= 15 is 0 Å². The Hall–Kier alpha value is -3.07. The Bertz CT molecular complexity index is 1100. The number of pyridine rings is 1. The standard InChI is InChI=1S/C21H20F2N6O/c22-21(23)10-14-8-13(9-18(21)26-14)27-19-4-3-17-16-2-1-15(29-24-5-6-25-29)7-12(16)11-30-20(17)28-19/h1-7,13-14,18,26H,8-11H2,(H,27,28). The molecule has 3 aromatic rings. The molecule has 2 saturated heterocycles. The van der Waals surface area contributed by atoms with Gasteiger partial charge in [0.05, 0.1) is 24.1 Å². The molecule has 0 amide bonds. The van der Waals surface area contributed by atoms with E-state index < -0.39 is 12.0 Å². The number of aromatic nitrogens is 4. The Morgan fingerprint density at radius 3 is 2.77 bits per heavy atom. The third kappa shape index (κ3) is 2.92. The summed E-state index contributed by atoms with van der Waals surface area (Å²) in [6, 6.07) is 8.93. The predicted octanol–water partition coefficient (Wildman–Crippen LogP) is 3.16. The van der Waals surface area contributed by atoms with Crippen LogP contribution in [0.4, 0.5) is 14.6 Å². The quantitative estimate of drug-likeness (QED) is 0.691. The minimum Gasteiger partial charge on any atom is -0.472 e. The summed E-state index contributed by atoms with van der Waals surface area (Å²) in [5.41, 5.74) is 3.89. The van der Waals surface area contributed by atoms with Crippen molar-refractivity contribution < 1.29 is 13.5 Å². The number of piperidine rings is 1. The molecule has 5 heterocycles. The van der Waals surface area contributed by atoms with Crippen LogP contribution in [-0.4, -0.2) is 44.0 Å². The number of ether oxygens (including phenoxy) is 1. The van der Waals surface area contributed by atoms with Crippen molar-refractivity contribution in [3.63, 3.8) is 0 Å². The molecule has 30 heavy (non-hydrogen) atoms. The number of halogens is 2. The fourth-order valence-corrected chi connectivity index (χ4v) is 4.80. The van der Waals surface area contributed by atoms with Gasteiger partial charge in [-0.15, -0.1) is 0 Å². The molecule has 3 unspecified atom stereocenters. The van der Waals surface area contributed by atoms with Gasteiger partial charge >= 0.3 is 0 Å². The van der Waals surface area contributed by atoms with E-state index in [1.54, 1.807) is 17.2 Å². The van der Waals surface area contributed by atoms with Crippen molar-refractivity contribution in [2.75, 3.05) is 5.32 Å². The summed E-state index contributed by atoms with van der Waals surface area (Å²) in [5, 5.41) is 14.7. The molecule has 3 aliphatic rings. The van der Waals surface area contributed by atoms with E-state index in [1.807, 2.05) is 30.3 Å². The Kier molecular flexibility index (Phi) is 3.83. The lowest BCUT2D eigenvalue weighted by molar-refractivity contribution is -0.0124. The van der Waals surface area contributed by atoms with Crippen LogP contribution in [0.25, 0.3) is 16.8 Å². The fourth-order valence-electron chi connectivity index (χ4n) is 4.80. The molecule has 6 rings (SSSR count). The number of benzene rings is 1. The minimum absolute atomic E-state index is 0.0276. The maximum Gasteiger partial charge on any atom is 0.264 e. The van der Waals surface area contributed by atoms with Crippen LogP contribution >= 0.6 is 0 Å². The third-order valence-electron chi connectivity index (χ3n) is 6.16. The number of rotatable bonds is 3. The monoisotopic (exact) mass is 410 g/mol. The van der Waals surface area contributed by atoms with Crippen LogP contribution < -0.4 is 15.4 Å². The van der Waals surface area contributed by atoms with Crippen molar-refractivity contribution in [2.45, 2.75) is 49.9 Å². The van der Waals surface area contributed by atoms with Crippen molar-refractivity contribution in [3.8, 4) is 22.7 Å². The molecule has 3 aliphatic heterocycles.